The topological polar surface area (TPSA) is 68.3 Å². The molecule has 0 saturated heterocycles. The van der Waals surface area contributed by atoms with Crippen LogP contribution in [0.15, 0.2) is 0 Å². The number of nitrogens with zero attached hydrogens (tertiary/aromatic N) is 1. The highest BCUT2D eigenvalue weighted by molar-refractivity contribution is 9.04. The molecule has 148 valence electrons. The second-order valence-electron chi connectivity index (χ2n) is 4.84. The van der Waals surface area contributed by atoms with Crippen molar-refractivity contribution >= 4 is 27.6 Å². The van der Waals surface area contributed by atoms with Crippen LogP contribution >= 0.6 is 9.83 Å². The van der Waals surface area contributed by atoms with Crippen LogP contribution in [0.3, 0.4) is 0 Å². The van der Waals surface area contributed by atoms with Gasteiger partial charge in [-0.25, -0.2) is 16.8 Å². The SMILES string of the molecule is CCC[N+](C)(CC)CC.O=S(=O)(SS(=O)(=O)C(F)(F)F)C(F)(F)F. The largest absolute Gasteiger partial charge is 0.508 e. The Kier molecular flexibility index (Phi) is 9.69. The highest BCUT2D eigenvalue weighted by Gasteiger charge is 2.56. The minimum absolute atomic E-state index is 1.23. The standard InChI is InChI=1S/C8H20N.C2F6O4S3/c1-5-8-9(4,6-2)7-3;3-1(4,5)14(9,10)13-15(11,12)2(6,7)8/h5-8H2,1-4H3;/q+1;. The normalized spacial score (nSPS) is 14.1. The summed E-state index contributed by atoms with van der Waals surface area (Å²) in [6.07, 6.45) is 1.30. The van der Waals surface area contributed by atoms with Gasteiger partial charge in [0.1, 0.15) is 9.83 Å². The number of alkyl halides is 6. The van der Waals surface area contributed by atoms with Crippen molar-refractivity contribution in [2.24, 2.45) is 0 Å². The summed E-state index contributed by atoms with van der Waals surface area (Å²) in [4.78, 5) is 0. The first kappa shape index (κ1) is 26.0. The lowest BCUT2D eigenvalue weighted by molar-refractivity contribution is -0.906. The lowest BCUT2D eigenvalue weighted by atomic mass is 10.3. The molecule has 0 N–H and O–H groups in total. The van der Waals surface area contributed by atoms with Crippen LogP contribution in [0.5, 0.6) is 0 Å². The Labute approximate surface area is 140 Å². The predicted octanol–water partition coefficient (Wildman–Crippen LogP) is 3.30. The number of hydrogen-bond donors (Lipinski definition) is 0. The van der Waals surface area contributed by atoms with E-state index in [-0.39, 0.29) is 0 Å². The van der Waals surface area contributed by atoms with Crippen LogP contribution in [-0.2, 0) is 17.7 Å². The molecule has 0 unspecified atom stereocenters. The van der Waals surface area contributed by atoms with Gasteiger partial charge >= 0.3 is 28.8 Å². The minimum Gasteiger partial charge on any atom is -0.327 e. The summed E-state index contributed by atoms with van der Waals surface area (Å²) in [7, 11) is -12.7. The van der Waals surface area contributed by atoms with Gasteiger partial charge in [-0.2, -0.15) is 26.3 Å². The zero-order valence-electron chi connectivity index (χ0n) is 13.4. The fourth-order valence-electron chi connectivity index (χ4n) is 1.27. The minimum atomic E-state index is -6.43. The molecule has 0 radical (unpaired) electrons. The molecule has 24 heavy (non-hydrogen) atoms. The van der Waals surface area contributed by atoms with E-state index < -0.39 is 38.6 Å². The molecule has 14 heteroatoms. The lowest BCUT2D eigenvalue weighted by Crippen LogP contribution is -2.43. The molecule has 0 heterocycles. The number of halogens is 6. The van der Waals surface area contributed by atoms with E-state index in [2.05, 4.69) is 27.8 Å². The number of rotatable bonds is 6. The van der Waals surface area contributed by atoms with Gasteiger partial charge in [0.15, 0.2) is 0 Å². The molecule has 0 aliphatic heterocycles. The van der Waals surface area contributed by atoms with Gasteiger partial charge in [-0.3, -0.25) is 0 Å². The Hall–Kier alpha value is -0.210. The fourth-order valence-corrected chi connectivity index (χ4v) is 6.35. The van der Waals surface area contributed by atoms with Crippen molar-refractivity contribution in [3.05, 3.63) is 0 Å². The summed E-state index contributed by atoms with van der Waals surface area (Å²) < 4.78 is 111. The fraction of sp³-hybridized carbons (Fsp3) is 1.00. The van der Waals surface area contributed by atoms with Gasteiger partial charge < -0.3 is 4.48 Å². The van der Waals surface area contributed by atoms with Crippen LogP contribution < -0.4 is 0 Å². The van der Waals surface area contributed by atoms with Gasteiger partial charge in [0.05, 0.1) is 26.7 Å². The number of hydrogen-bond acceptors (Lipinski definition) is 5. The summed E-state index contributed by atoms with van der Waals surface area (Å²) in [5.74, 6) is 0. The zero-order valence-corrected chi connectivity index (χ0v) is 15.9. The molecule has 0 aliphatic rings. The van der Waals surface area contributed by atoms with Crippen molar-refractivity contribution in [3.63, 3.8) is 0 Å². The molecule has 0 spiro atoms. The second-order valence-corrected chi connectivity index (χ2v) is 12.0. The molecule has 0 saturated carbocycles. The van der Waals surface area contributed by atoms with Gasteiger partial charge in [-0.05, 0) is 20.3 Å². The lowest BCUT2D eigenvalue weighted by Gasteiger charge is -2.31. The van der Waals surface area contributed by atoms with Gasteiger partial charge in [0.25, 0.3) is 0 Å². The van der Waals surface area contributed by atoms with Crippen molar-refractivity contribution in [3.8, 4) is 0 Å². The molecule has 0 amide bonds. The van der Waals surface area contributed by atoms with Gasteiger partial charge in [0, 0.05) is 0 Å². The van der Waals surface area contributed by atoms with Crippen LogP contribution in [0.25, 0.3) is 0 Å². The third-order valence-electron chi connectivity index (χ3n) is 3.04. The van der Waals surface area contributed by atoms with E-state index in [1.807, 2.05) is 0 Å². The van der Waals surface area contributed by atoms with E-state index in [1.165, 1.54) is 30.5 Å². The van der Waals surface area contributed by atoms with E-state index in [4.69, 9.17) is 0 Å². The summed E-state index contributed by atoms with van der Waals surface area (Å²) in [5, 5.41) is 0. The highest BCUT2D eigenvalue weighted by atomic mass is 33.5. The summed E-state index contributed by atoms with van der Waals surface area (Å²) in [6.45, 7) is 10.6. The Morgan fingerprint density at radius 3 is 1.21 bits per heavy atom. The molecule has 0 bridgehead atoms. The van der Waals surface area contributed by atoms with E-state index in [0.717, 1.165) is 0 Å². The summed E-state index contributed by atoms with van der Waals surface area (Å²) in [6, 6.07) is 0. The average molecular weight is 428 g/mol. The van der Waals surface area contributed by atoms with Crippen molar-refractivity contribution in [2.75, 3.05) is 26.7 Å². The molecular formula is C10H20F6NO4S3+. The quantitative estimate of drug-likeness (QED) is 0.369. The molecule has 0 aromatic heterocycles. The second kappa shape index (κ2) is 8.94. The first-order chi connectivity index (χ1) is 10.4. The average Bonchev–Trinajstić information content (AvgIpc) is 2.35. The monoisotopic (exact) mass is 428 g/mol. The Balaban J connectivity index is 0. The molecular weight excluding hydrogens is 408 g/mol. The number of quaternary nitrogens is 1. The molecule has 0 rings (SSSR count). The molecule has 0 aromatic carbocycles. The maximum absolute atomic E-state index is 11.5. The summed E-state index contributed by atoms with van der Waals surface area (Å²) in [5.41, 5.74) is -12.1. The van der Waals surface area contributed by atoms with Gasteiger partial charge in [-0.1, -0.05) is 6.92 Å². The molecule has 5 nitrogen and oxygen atoms in total. The smallest absolute Gasteiger partial charge is 0.327 e. The van der Waals surface area contributed by atoms with Crippen molar-refractivity contribution in [1.29, 1.82) is 0 Å². The highest BCUT2D eigenvalue weighted by Crippen LogP contribution is 2.42. The van der Waals surface area contributed by atoms with Crippen LogP contribution in [0.2, 0.25) is 0 Å². The molecule has 0 aromatic rings. The van der Waals surface area contributed by atoms with E-state index in [0.29, 0.717) is 0 Å². The van der Waals surface area contributed by atoms with Gasteiger partial charge in [0.2, 0.25) is 0 Å². The van der Waals surface area contributed by atoms with Gasteiger partial charge in [-0.15, -0.1) is 0 Å². The molecule has 0 atom stereocenters. The first-order valence-electron chi connectivity index (χ1n) is 6.56. The van der Waals surface area contributed by atoms with Crippen molar-refractivity contribution in [1.82, 2.24) is 0 Å². The zero-order chi connectivity index (χ0) is 20.0. The first-order valence-corrected chi connectivity index (χ1v) is 11.4. The van der Waals surface area contributed by atoms with E-state index in [9.17, 15) is 43.2 Å². The van der Waals surface area contributed by atoms with Crippen LogP contribution in [0.1, 0.15) is 27.2 Å². The predicted molar refractivity (Wildman–Crippen MR) is 80.0 cm³/mol. The summed E-state index contributed by atoms with van der Waals surface area (Å²) >= 11 is 0. The van der Waals surface area contributed by atoms with Crippen molar-refractivity contribution in [2.45, 2.75) is 38.2 Å². The maximum Gasteiger partial charge on any atom is 0.508 e. The third kappa shape index (κ3) is 8.25. The Morgan fingerprint density at radius 1 is 0.792 bits per heavy atom. The molecule has 0 aliphatic carbocycles. The molecule has 0 fully saturated rings. The third-order valence-corrected chi connectivity index (χ3v) is 9.96. The maximum atomic E-state index is 11.5. The van der Waals surface area contributed by atoms with E-state index >= 15 is 0 Å². The van der Waals surface area contributed by atoms with Crippen LogP contribution in [0.4, 0.5) is 26.3 Å². The van der Waals surface area contributed by atoms with Crippen LogP contribution in [0, 0.1) is 0 Å². The van der Waals surface area contributed by atoms with E-state index in [1.54, 1.807) is 0 Å². The van der Waals surface area contributed by atoms with Crippen LogP contribution in [-0.4, -0.2) is 59.0 Å². The van der Waals surface area contributed by atoms with Crippen molar-refractivity contribution < 1.29 is 47.7 Å². The Morgan fingerprint density at radius 2 is 1.08 bits per heavy atom. The Bertz CT molecular complexity index is 537.